The van der Waals surface area contributed by atoms with Gasteiger partial charge in [-0.15, -0.1) is 0 Å². The maximum absolute atomic E-state index is 10.6. The molecule has 3 nitrogen and oxygen atoms in total. The Hall–Kier alpha value is -2.07. The molecule has 0 aliphatic rings. The molecule has 0 aromatic heterocycles. The predicted octanol–water partition coefficient (Wildman–Crippen LogP) is 4.43. The number of halogens is 1. The summed E-state index contributed by atoms with van der Waals surface area (Å²) >= 11 is 3.37. The maximum atomic E-state index is 10.6. The summed E-state index contributed by atoms with van der Waals surface area (Å²) in [6, 6.07) is 13.6. The van der Waals surface area contributed by atoms with Crippen LogP contribution in [-0.4, -0.2) is 11.1 Å². The van der Waals surface area contributed by atoms with Crippen LogP contribution in [0.1, 0.15) is 16.7 Å². The van der Waals surface area contributed by atoms with Gasteiger partial charge in [0.25, 0.3) is 0 Å². The summed E-state index contributed by atoms with van der Waals surface area (Å²) in [5.41, 5.74) is 2.99. The standard InChI is InChI=1S/C17H15BrO3/c1-12-2-4-13(5-3-12)11-21-16-8-7-15(18)10-14(16)6-9-17(19)20/h2-10H,11H2,1H3,(H,19,20)/b9-6+. The van der Waals surface area contributed by atoms with Gasteiger partial charge >= 0.3 is 5.97 Å². The van der Waals surface area contributed by atoms with E-state index in [9.17, 15) is 4.79 Å². The quantitative estimate of drug-likeness (QED) is 0.814. The van der Waals surface area contributed by atoms with Crippen molar-refractivity contribution in [2.75, 3.05) is 0 Å². The minimum Gasteiger partial charge on any atom is -0.488 e. The molecular formula is C17H15BrO3. The molecule has 2 aromatic carbocycles. The summed E-state index contributed by atoms with van der Waals surface area (Å²) in [5, 5.41) is 8.73. The molecule has 4 heteroatoms. The van der Waals surface area contributed by atoms with Crippen LogP contribution in [0.5, 0.6) is 5.75 Å². The van der Waals surface area contributed by atoms with E-state index in [1.807, 2.05) is 49.4 Å². The van der Waals surface area contributed by atoms with Crippen molar-refractivity contribution in [3.63, 3.8) is 0 Å². The van der Waals surface area contributed by atoms with E-state index in [0.717, 1.165) is 21.7 Å². The number of aliphatic carboxylic acids is 1. The number of rotatable bonds is 5. The van der Waals surface area contributed by atoms with Gasteiger partial charge in [0.15, 0.2) is 0 Å². The van der Waals surface area contributed by atoms with Crippen LogP contribution in [0.3, 0.4) is 0 Å². The highest BCUT2D eigenvalue weighted by Gasteiger charge is 2.03. The Morgan fingerprint density at radius 1 is 1.24 bits per heavy atom. The van der Waals surface area contributed by atoms with Crippen molar-refractivity contribution >= 4 is 28.0 Å². The fraction of sp³-hybridized carbons (Fsp3) is 0.118. The summed E-state index contributed by atoms with van der Waals surface area (Å²) in [7, 11) is 0. The fourth-order valence-corrected chi connectivity index (χ4v) is 2.17. The molecule has 2 aromatic rings. The molecule has 0 radical (unpaired) electrons. The number of hydrogen-bond donors (Lipinski definition) is 1. The van der Waals surface area contributed by atoms with Crippen LogP contribution in [0, 0.1) is 6.92 Å². The second-order valence-corrected chi connectivity index (χ2v) is 5.54. The van der Waals surface area contributed by atoms with Crippen LogP contribution in [0.15, 0.2) is 53.0 Å². The largest absolute Gasteiger partial charge is 0.488 e. The molecule has 0 atom stereocenters. The van der Waals surface area contributed by atoms with Gasteiger partial charge in [0.05, 0.1) is 0 Å². The van der Waals surface area contributed by atoms with Crippen LogP contribution < -0.4 is 4.74 Å². The van der Waals surface area contributed by atoms with E-state index in [-0.39, 0.29) is 0 Å². The van der Waals surface area contributed by atoms with Crippen LogP contribution in [-0.2, 0) is 11.4 Å². The van der Waals surface area contributed by atoms with E-state index in [1.165, 1.54) is 11.6 Å². The van der Waals surface area contributed by atoms with E-state index in [2.05, 4.69) is 15.9 Å². The first-order valence-corrected chi connectivity index (χ1v) is 7.23. The highest BCUT2D eigenvalue weighted by Crippen LogP contribution is 2.25. The number of aryl methyl sites for hydroxylation is 1. The average Bonchev–Trinajstić information content (AvgIpc) is 2.45. The zero-order chi connectivity index (χ0) is 15.2. The number of carboxylic acids is 1. The highest BCUT2D eigenvalue weighted by atomic mass is 79.9. The Morgan fingerprint density at radius 2 is 1.95 bits per heavy atom. The predicted molar refractivity (Wildman–Crippen MR) is 86.3 cm³/mol. The van der Waals surface area contributed by atoms with Gasteiger partial charge in [-0.25, -0.2) is 4.79 Å². The van der Waals surface area contributed by atoms with E-state index in [4.69, 9.17) is 9.84 Å². The Kier molecular flexibility index (Phi) is 5.17. The average molecular weight is 347 g/mol. The molecule has 0 aliphatic carbocycles. The smallest absolute Gasteiger partial charge is 0.328 e. The third kappa shape index (κ3) is 4.76. The van der Waals surface area contributed by atoms with Crippen molar-refractivity contribution in [2.45, 2.75) is 13.5 Å². The first-order chi connectivity index (χ1) is 10.0. The van der Waals surface area contributed by atoms with Gasteiger partial charge in [-0.3, -0.25) is 0 Å². The molecule has 21 heavy (non-hydrogen) atoms. The van der Waals surface area contributed by atoms with Crippen molar-refractivity contribution < 1.29 is 14.6 Å². The van der Waals surface area contributed by atoms with Crippen LogP contribution in [0.25, 0.3) is 6.08 Å². The number of carbonyl (C=O) groups is 1. The summed E-state index contributed by atoms with van der Waals surface area (Å²) < 4.78 is 6.66. The SMILES string of the molecule is Cc1ccc(COc2ccc(Br)cc2/C=C/C(=O)O)cc1. The van der Waals surface area contributed by atoms with Gasteiger partial charge < -0.3 is 9.84 Å². The minimum atomic E-state index is -0.987. The number of ether oxygens (including phenoxy) is 1. The van der Waals surface area contributed by atoms with Crippen molar-refractivity contribution in [1.29, 1.82) is 0 Å². The molecular weight excluding hydrogens is 332 g/mol. The zero-order valence-electron chi connectivity index (χ0n) is 11.5. The second-order valence-electron chi connectivity index (χ2n) is 4.63. The number of benzene rings is 2. The minimum absolute atomic E-state index is 0.440. The van der Waals surface area contributed by atoms with Crippen molar-refractivity contribution in [2.24, 2.45) is 0 Å². The Bertz CT molecular complexity index is 660. The van der Waals surface area contributed by atoms with Gasteiger partial charge in [0, 0.05) is 16.1 Å². The van der Waals surface area contributed by atoms with E-state index >= 15 is 0 Å². The first-order valence-electron chi connectivity index (χ1n) is 6.43. The molecule has 0 bridgehead atoms. The Morgan fingerprint density at radius 3 is 2.62 bits per heavy atom. The van der Waals surface area contributed by atoms with E-state index in [1.54, 1.807) is 0 Å². The second kappa shape index (κ2) is 7.09. The molecule has 0 saturated heterocycles. The molecule has 0 unspecified atom stereocenters. The topological polar surface area (TPSA) is 46.5 Å². The number of carboxylic acid groups (broad SMARTS) is 1. The van der Waals surface area contributed by atoms with Gasteiger partial charge in [-0.05, 0) is 36.8 Å². The molecule has 0 aliphatic heterocycles. The molecule has 0 saturated carbocycles. The summed E-state index contributed by atoms with van der Waals surface area (Å²) in [6.45, 7) is 2.48. The summed E-state index contributed by atoms with van der Waals surface area (Å²) in [6.07, 6.45) is 2.62. The lowest BCUT2D eigenvalue weighted by atomic mass is 10.1. The summed E-state index contributed by atoms with van der Waals surface area (Å²) in [4.78, 5) is 10.6. The van der Waals surface area contributed by atoms with Gasteiger partial charge in [0.1, 0.15) is 12.4 Å². The van der Waals surface area contributed by atoms with Gasteiger partial charge in [-0.1, -0.05) is 45.8 Å². The third-order valence-electron chi connectivity index (χ3n) is 2.89. The molecule has 0 fully saturated rings. The first kappa shape index (κ1) is 15.3. The lowest BCUT2D eigenvalue weighted by Gasteiger charge is -2.10. The molecule has 108 valence electrons. The zero-order valence-corrected chi connectivity index (χ0v) is 13.1. The van der Waals surface area contributed by atoms with Crippen LogP contribution in [0.2, 0.25) is 0 Å². The molecule has 1 N–H and O–H groups in total. The van der Waals surface area contributed by atoms with E-state index < -0.39 is 5.97 Å². The summed E-state index contributed by atoms with van der Waals surface area (Å²) in [5.74, 6) is -0.337. The highest BCUT2D eigenvalue weighted by molar-refractivity contribution is 9.10. The van der Waals surface area contributed by atoms with Crippen molar-refractivity contribution in [3.05, 3.63) is 69.7 Å². The molecule has 0 spiro atoms. The van der Waals surface area contributed by atoms with Gasteiger partial charge in [-0.2, -0.15) is 0 Å². The number of hydrogen-bond acceptors (Lipinski definition) is 2. The van der Waals surface area contributed by atoms with Crippen LogP contribution in [0.4, 0.5) is 0 Å². The van der Waals surface area contributed by atoms with E-state index in [0.29, 0.717) is 12.4 Å². The lowest BCUT2D eigenvalue weighted by molar-refractivity contribution is -0.131. The molecule has 2 rings (SSSR count). The monoisotopic (exact) mass is 346 g/mol. The maximum Gasteiger partial charge on any atom is 0.328 e. The Balaban J connectivity index is 2.15. The Labute approximate surface area is 132 Å². The van der Waals surface area contributed by atoms with Crippen LogP contribution >= 0.6 is 15.9 Å². The lowest BCUT2D eigenvalue weighted by Crippen LogP contribution is -1.97. The van der Waals surface area contributed by atoms with Crippen molar-refractivity contribution in [1.82, 2.24) is 0 Å². The normalized spacial score (nSPS) is 10.8. The molecule has 0 heterocycles. The molecule has 0 amide bonds. The third-order valence-corrected chi connectivity index (χ3v) is 3.39. The fourth-order valence-electron chi connectivity index (χ4n) is 1.79. The van der Waals surface area contributed by atoms with Gasteiger partial charge in [0.2, 0.25) is 0 Å². The van der Waals surface area contributed by atoms with Crippen molar-refractivity contribution in [3.8, 4) is 5.75 Å².